The molecule has 0 saturated carbocycles. The third kappa shape index (κ3) is 9.23. The molecule has 4 aliphatic heterocycles. The second-order valence-corrected chi connectivity index (χ2v) is 16.9. The smallest absolute Gasteiger partial charge is 0.311 e. The maximum absolute atomic E-state index is 14.2. The summed E-state index contributed by atoms with van der Waals surface area (Å²) in [6, 6.07) is -0.257. The molecule has 55 heavy (non-hydrogen) atoms. The van der Waals surface area contributed by atoms with Crippen LogP contribution in [0.5, 0.6) is 0 Å². The van der Waals surface area contributed by atoms with Crippen LogP contribution in [0.3, 0.4) is 0 Å². The van der Waals surface area contributed by atoms with E-state index in [0.29, 0.717) is 25.1 Å². The molecular weight excluding hydrogens is 718 g/mol. The van der Waals surface area contributed by atoms with Gasteiger partial charge in [-0.3, -0.25) is 19.2 Å². The molecule has 314 valence electrons. The van der Waals surface area contributed by atoms with Gasteiger partial charge in [-0.25, -0.2) is 0 Å². The zero-order chi connectivity index (χ0) is 41.4. The van der Waals surface area contributed by atoms with Crippen LogP contribution in [0.1, 0.15) is 102 Å². The van der Waals surface area contributed by atoms with Gasteiger partial charge in [-0.15, -0.1) is 0 Å². The quantitative estimate of drug-likeness (QED) is 0.192. The van der Waals surface area contributed by atoms with Crippen LogP contribution < -0.4 is 0 Å². The fourth-order valence-corrected chi connectivity index (χ4v) is 9.17. The maximum Gasteiger partial charge on any atom is 0.311 e. The van der Waals surface area contributed by atoms with Crippen LogP contribution in [0, 0.1) is 17.8 Å². The van der Waals surface area contributed by atoms with Crippen LogP contribution in [0.4, 0.5) is 0 Å². The van der Waals surface area contributed by atoms with E-state index in [2.05, 4.69) is 0 Å². The Balaban J connectivity index is 1.88. The molecule has 0 aromatic carbocycles. The summed E-state index contributed by atoms with van der Waals surface area (Å²) in [5, 5.41) is 11.7. The van der Waals surface area contributed by atoms with Crippen LogP contribution in [0.2, 0.25) is 0 Å². The number of carbonyl (C=O) groups excluding carboxylic acids is 4. The van der Waals surface area contributed by atoms with E-state index in [9.17, 15) is 24.3 Å². The van der Waals surface area contributed by atoms with Gasteiger partial charge < -0.3 is 52.6 Å². The average Bonchev–Trinajstić information content (AvgIpc) is 3.42. The minimum atomic E-state index is -2.05. The predicted octanol–water partition coefficient (Wildman–Crippen LogP) is 3.85. The molecule has 0 radical (unpaired) electrons. The number of carbonyl (C=O) groups is 4. The number of allylic oxidation sites excluding steroid dienone is 1. The van der Waals surface area contributed by atoms with Gasteiger partial charge in [-0.1, -0.05) is 13.8 Å². The number of ketones is 1. The van der Waals surface area contributed by atoms with Crippen molar-refractivity contribution < 1.29 is 66.9 Å². The number of likely N-dealkylation sites (N-methyl/N-ethyl adjacent to an activating group) is 1. The summed E-state index contributed by atoms with van der Waals surface area (Å²) < 4.78 is 56.6. The number of hydrogen-bond acceptors (Lipinski definition) is 15. The number of nitrogens with zero attached hydrogens (tertiary/aromatic N) is 1. The molecule has 0 aromatic rings. The molecule has 0 amide bonds. The number of fused-ring (bicyclic) bond motifs is 2. The first kappa shape index (κ1) is 45.0. The molecule has 15 heteroatoms. The molecule has 3 saturated heterocycles. The molecule has 0 aliphatic carbocycles. The lowest BCUT2D eigenvalue weighted by Crippen LogP contribution is -2.61. The van der Waals surface area contributed by atoms with Crippen LogP contribution in [-0.2, 0) is 61.8 Å². The number of aliphatic hydroxyl groups is 1. The minimum Gasteiger partial charge on any atom is -0.488 e. The first-order chi connectivity index (χ1) is 25.5. The third-order valence-electron chi connectivity index (χ3n) is 12.2. The van der Waals surface area contributed by atoms with Crippen molar-refractivity contribution in [2.75, 3.05) is 21.2 Å². The summed E-state index contributed by atoms with van der Waals surface area (Å²) in [5.74, 6) is -3.98. The van der Waals surface area contributed by atoms with E-state index >= 15 is 0 Å². The van der Waals surface area contributed by atoms with Crippen molar-refractivity contribution >= 4 is 24.2 Å². The van der Waals surface area contributed by atoms with E-state index in [0.717, 1.165) is 5.57 Å². The van der Waals surface area contributed by atoms with Crippen LogP contribution >= 0.6 is 0 Å². The van der Waals surface area contributed by atoms with Gasteiger partial charge >= 0.3 is 11.9 Å². The monoisotopic (exact) mass is 783 g/mol. The Hall–Kier alpha value is -2.66. The van der Waals surface area contributed by atoms with Crippen molar-refractivity contribution in [1.29, 1.82) is 0 Å². The van der Waals surface area contributed by atoms with E-state index in [4.69, 9.17) is 42.6 Å². The molecule has 0 aromatic heterocycles. The first-order valence-corrected chi connectivity index (χ1v) is 19.5. The Labute approximate surface area is 325 Å². The lowest BCUT2D eigenvalue weighted by Gasteiger charge is -2.49. The SMILES string of the molecule is CCC1OC(=O)C(C)C(O[C@H]2C[C@@](C)(OC)[C@@H](OC=O)C(C)O2)C(C)[C@@H](OC2OC(C)CC(N(C)C)[C@H]2OC(C)=O)[C@]2(C)CC(C)=C(O2)[C@@H](C)C(=O)[C@]1(C)O. The summed E-state index contributed by atoms with van der Waals surface area (Å²) in [5.41, 5.74) is -3.45. The molecule has 2 bridgehead atoms. The second kappa shape index (κ2) is 17.5. The number of hydrogen-bond donors (Lipinski definition) is 1. The highest BCUT2D eigenvalue weighted by Gasteiger charge is 2.57. The molecule has 8 unspecified atom stereocenters. The minimum absolute atomic E-state index is 0.127. The molecular formula is C40H65NO14. The second-order valence-electron chi connectivity index (χ2n) is 16.9. The van der Waals surface area contributed by atoms with Crippen molar-refractivity contribution in [3.63, 3.8) is 0 Å². The van der Waals surface area contributed by atoms with Gasteiger partial charge in [0.2, 0.25) is 0 Å². The Kier molecular flexibility index (Phi) is 14.3. The fraction of sp³-hybridized carbons (Fsp3) is 0.850. The van der Waals surface area contributed by atoms with Gasteiger partial charge in [-0.05, 0) is 87.9 Å². The summed E-state index contributed by atoms with van der Waals surface area (Å²) in [7, 11) is 5.31. The first-order valence-electron chi connectivity index (χ1n) is 19.5. The largest absolute Gasteiger partial charge is 0.488 e. The Morgan fingerprint density at radius 1 is 1.02 bits per heavy atom. The third-order valence-corrected chi connectivity index (χ3v) is 12.2. The van der Waals surface area contributed by atoms with Gasteiger partial charge in [0, 0.05) is 32.8 Å². The van der Waals surface area contributed by atoms with Gasteiger partial charge in [0.15, 0.2) is 36.2 Å². The molecule has 0 spiro atoms. The van der Waals surface area contributed by atoms with Gasteiger partial charge in [-0.2, -0.15) is 0 Å². The molecule has 15 nitrogen and oxygen atoms in total. The molecule has 16 atom stereocenters. The van der Waals surface area contributed by atoms with Crippen molar-refractivity contribution in [2.24, 2.45) is 17.8 Å². The van der Waals surface area contributed by atoms with Crippen molar-refractivity contribution in [3.8, 4) is 0 Å². The summed E-state index contributed by atoms with van der Waals surface area (Å²) in [6.45, 7) is 19.2. The van der Waals surface area contributed by atoms with Gasteiger partial charge in [0.25, 0.3) is 6.47 Å². The average molecular weight is 784 g/mol. The van der Waals surface area contributed by atoms with Gasteiger partial charge in [0.1, 0.15) is 29.2 Å². The summed E-state index contributed by atoms with van der Waals surface area (Å²) >= 11 is 0. The Bertz CT molecular complexity index is 1430. The number of methoxy groups -OCH3 is 1. The summed E-state index contributed by atoms with van der Waals surface area (Å²) in [6.07, 6.45) is -6.47. The number of esters is 2. The molecule has 1 N–H and O–H groups in total. The zero-order valence-corrected chi connectivity index (χ0v) is 35.1. The number of Topliss-reactive ketones (excluding diaryl/α,β-unsaturated/α-hetero) is 1. The fourth-order valence-electron chi connectivity index (χ4n) is 9.17. The number of ether oxygens (including phenoxy) is 9. The zero-order valence-electron chi connectivity index (χ0n) is 35.1. The van der Waals surface area contributed by atoms with E-state index < -0.39 is 101 Å². The number of rotatable bonds is 10. The Morgan fingerprint density at radius 2 is 1.67 bits per heavy atom. The molecule has 4 rings (SSSR count). The standard InChI is InChI=1S/C40H65NO14/c1-15-28-40(11,46)33(44)22(4)30-20(2)17-39(10,55-30)34(54-37-32(51-26(8)43)27(41(12)13)16-21(3)49-37)23(5)31(24(6)36(45)52-28)53-29-18-38(9,47-14)35(48-19-42)25(7)50-29/h19,21-25,27-29,31-32,34-35,37,46H,15-18H2,1-14H3/t21?,22-,23?,24?,25?,27?,28?,29+,31?,32-,34-,35+,37?,38-,39+,40-/m1/s1. The van der Waals surface area contributed by atoms with Crippen molar-refractivity contribution in [1.82, 2.24) is 4.90 Å². The summed E-state index contributed by atoms with van der Waals surface area (Å²) in [4.78, 5) is 54.3. The highest BCUT2D eigenvalue weighted by molar-refractivity contribution is 5.91. The molecule has 4 heterocycles. The topological polar surface area (TPSA) is 175 Å². The van der Waals surface area contributed by atoms with E-state index in [1.807, 2.05) is 46.7 Å². The van der Waals surface area contributed by atoms with E-state index in [-0.39, 0.29) is 25.0 Å². The van der Waals surface area contributed by atoms with Crippen LogP contribution in [0.25, 0.3) is 0 Å². The highest BCUT2D eigenvalue weighted by atomic mass is 16.7. The van der Waals surface area contributed by atoms with Crippen molar-refractivity contribution in [3.05, 3.63) is 11.3 Å². The van der Waals surface area contributed by atoms with Crippen LogP contribution in [0.15, 0.2) is 11.3 Å². The maximum atomic E-state index is 14.2. The molecule has 3 fully saturated rings. The highest BCUT2D eigenvalue weighted by Crippen LogP contribution is 2.47. The molecule has 4 aliphatic rings. The lowest BCUT2D eigenvalue weighted by molar-refractivity contribution is -0.317. The number of cyclic esters (lactones) is 1. The van der Waals surface area contributed by atoms with Crippen molar-refractivity contribution in [2.45, 2.75) is 180 Å². The van der Waals surface area contributed by atoms with E-state index in [1.54, 1.807) is 34.6 Å². The van der Waals surface area contributed by atoms with E-state index in [1.165, 1.54) is 21.0 Å². The van der Waals surface area contributed by atoms with Gasteiger partial charge in [0.05, 0.1) is 36.2 Å². The lowest BCUT2D eigenvalue weighted by atomic mass is 9.79. The Morgan fingerprint density at radius 3 is 2.24 bits per heavy atom. The predicted molar refractivity (Wildman–Crippen MR) is 197 cm³/mol. The normalized spacial score (nSPS) is 44.5. The van der Waals surface area contributed by atoms with Crippen LogP contribution in [-0.4, -0.2) is 134 Å².